The van der Waals surface area contributed by atoms with Crippen LogP contribution in [0.1, 0.15) is 49.9 Å². The van der Waals surface area contributed by atoms with E-state index < -0.39 is 5.97 Å². The van der Waals surface area contributed by atoms with Crippen LogP contribution in [-0.4, -0.2) is 74.0 Å². The van der Waals surface area contributed by atoms with Gasteiger partial charge in [-0.3, -0.25) is 9.59 Å². The zero-order chi connectivity index (χ0) is 22.1. The van der Waals surface area contributed by atoms with Gasteiger partial charge in [0.1, 0.15) is 0 Å². The molecule has 0 saturated carbocycles. The fourth-order valence-electron chi connectivity index (χ4n) is 3.80. The normalized spacial score (nSPS) is 18.2. The van der Waals surface area contributed by atoms with Crippen molar-refractivity contribution in [2.24, 2.45) is 0 Å². The number of carboxylic acid groups (broad SMARTS) is 1. The molecule has 0 aliphatic carbocycles. The Morgan fingerprint density at radius 1 is 1.19 bits per heavy atom. The van der Waals surface area contributed by atoms with Crippen LogP contribution in [0, 0.1) is 0 Å². The van der Waals surface area contributed by atoms with Crippen molar-refractivity contribution in [1.29, 1.82) is 0 Å². The number of piperidine rings is 1. The molecule has 1 amide bonds. The number of nitrogens with zero attached hydrogens (tertiary/aromatic N) is 1. The molecule has 0 spiro atoms. The van der Waals surface area contributed by atoms with Crippen LogP contribution < -0.4 is 14.8 Å². The molecule has 1 saturated heterocycles. The number of carbonyl (C=O) groups is 2. The van der Waals surface area contributed by atoms with Gasteiger partial charge in [0.25, 0.3) is 5.91 Å². The Bertz CT molecular complexity index is 707. The van der Waals surface area contributed by atoms with E-state index in [0.29, 0.717) is 36.8 Å². The number of carbonyl (C=O) groups excluding carboxylic acids is 1. The summed E-state index contributed by atoms with van der Waals surface area (Å²) in [5.74, 6) is 0.235. The van der Waals surface area contributed by atoms with E-state index in [1.807, 2.05) is 18.7 Å². The maximum atomic E-state index is 13.4. The van der Waals surface area contributed by atoms with Crippen LogP contribution in [-0.2, 0) is 9.53 Å². The van der Waals surface area contributed by atoms with E-state index in [1.165, 1.54) is 0 Å². The molecule has 2 N–H and O–H groups in total. The van der Waals surface area contributed by atoms with E-state index in [9.17, 15) is 9.59 Å². The number of hydrogen-bond acceptors (Lipinski definition) is 6. The SMILES string of the molecule is COCCCOc1cc(C(=O)N(C(C)C)[C@@H]2CC[C@@H](CC(=O)O)NC2)ccc1OC.Cl. The van der Waals surface area contributed by atoms with Crippen molar-refractivity contribution >= 4 is 24.3 Å². The highest BCUT2D eigenvalue weighted by molar-refractivity contribution is 5.95. The monoisotopic (exact) mass is 458 g/mol. The molecule has 2 rings (SSSR count). The Morgan fingerprint density at radius 3 is 2.48 bits per heavy atom. The molecule has 1 aliphatic rings. The molecule has 31 heavy (non-hydrogen) atoms. The van der Waals surface area contributed by atoms with Crippen LogP contribution in [0.2, 0.25) is 0 Å². The van der Waals surface area contributed by atoms with Crippen molar-refractivity contribution in [1.82, 2.24) is 10.2 Å². The van der Waals surface area contributed by atoms with E-state index in [-0.39, 0.29) is 42.9 Å². The van der Waals surface area contributed by atoms with Gasteiger partial charge in [-0.2, -0.15) is 0 Å². The predicted molar refractivity (Wildman–Crippen MR) is 121 cm³/mol. The van der Waals surface area contributed by atoms with Crippen LogP contribution in [0.4, 0.5) is 0 Å². The summed E-state index contributed by atoms with van der Waals surface area (Å²) in [4.78, 5) is 26.2. The molecule has 9 heteroatoms. The highest BCUT2D eigenvalue weighted by Gasteiger charge is 2.31. The van der Waals surface area contributed by atoms with Crippen molar-refractivity contribution in [3.05, 3.63) is 23.8 Å². The number of hydrogen-bond donors (Lipinski definition) is 2. The fourth-order valence-corrected chi connectivity index (χ4v) is 3.80. The highest BCUT2D eigenvalue weighted by atomic mass is 35.5. The Balaban J connectivity index is 0.00000480. The van der Waals surface area contributed by atoms with E-state index in [1.54, 1.807) is 32.4 Å². The average Bonchev–Trinajstić information content (AvgIpc) is 2.71. The summed E-state index contributed by atoms with van der Waals surface area (Å²) in [5.41, 5.74) is 0.541. The molecule has 0 radical (unpaired) electrons. The summed E-state index contributed by atoms with van der Waals surface area (Å²) in [7, 11) is 3.21. The molecule has 0 unspecified atom stereocenters. The molecule has 0 aromatic heterocycles. The third-order valence-electron chi connectivity index (χ3n) is 5.26. The summed E-state index contributed by atoms with van der Waals surface area (Å²) in [6.07, 6.45) is 2.33. The van der Waals surface area contributed by atoms with E-state index in [0.717, 1.165) is 19.3 Å². The second-order valence-electron chi connectivity index (χ2n) is 7.80. The minimum Gasteiger partial charge on any atom is -0.493 e. The number of aliphatic carboxylic acids is 1. The summed E-state index contributed by atoms with van der Waals surface area (Å²) < 4.78 is 16.2. The molecule has 8 nitrogen and oxygen atoms in total. The molecule has 1 fully saturated rings. The van der Waals surface area contributed by atoms with E-state index >= 15 is 0 Å². The first kappa shape index (κ1) is 27.0. The van der Waals surface area contributed by atoms with Gasteiger partial charge in [0.15, 0.2) is 11.5 Å². The summed E-state index contributed by atoms with van der Waals surface area (Å²) in [6.45, 7) is 5.63. The van der Waals surface area contributed by atoms with Crippen LogP contribution in [0.15, 0.2) is 18.2 Å². The third-order valence-corrected chi connectivity index (χ3v) is 5.26. The Kier molecular flexibility index (Phi) is 11.7. The Hall–Kier alpha value is -2.03. The molecule has 0 bridgehead atoms. The second-order valence-corrected chi connectivity index (χ2v) is 7.80. The zero-order valence-electron chi connectivity index (χ0n) is 18.8. The quantitative estimate of drug-likeness (QED) is 0.492. The lowest BCUT2D eigenvalue weighted by Gasteiger charge is -2.39. The summed E-state index contributed by atoms with van der Waals surface area (Å²) in [5, 5.41) is 12.3. The fraction of sp³-hybridized carbons (Fsp3) is 0.636. The molecule has 1 aromatic rings. The van der Waals surface area contributed by atoms with Crippen molar-refractivity contribution in [3.8, 4) is 11.5 Å². The van der Waals surface area contributed by atoms with Crippen molar-refractivity contribution in [2.45, 2.75) is 57.7 Å². The Labute approximate surface area is 190 Å². The van der Waals surface area contributed by atoms with Gasteiger partial charge in [0.05, 0.1) is 20.1 Å². The summed E-state index contributed by atoms with van der Waals surface area (Å²) >= 11 is 0. The van der Waals surface area contributed by atoms with E-state index in [4.69, 9.17) is 19.3 Å². The number of rotatable bonds is 11. The van der Waals surface area contributed by atoms with E-state index in [2.05, 4.69) is 5.32 Å². The lowest BCUT2D eigenvalue weighted by atomic mass is 9.96. The van der Waals surface area contributed by atoms with Gasteiger partial charge in [-0.25, -0.2) is 0 Å². The number of benzene rings is 1. The zero-order valence-corrected chi connectivity index (χ0v) is 19.6. The lowest BCUT2D eigenvalue weighted by Crippen LogP contribution is -2.54. The van der Waals surface area contributed by atoms with Gasteiger partial charge >= 0.3 is 5.97 Å². The van der Waals surface area contributed by atoms with Gasteiger partial charge in [-0.1, -0.05) is 0 Å². The molecule has 1 heterocycles. The Morgan fingerprint density at radius 2 is 1.94 bits per heavy atom. The number of halogens is 1. The largest absolute Gasteiger partial charge is 0.493 e. The van der Waals surface area contributed by atoms with Gasteiger partial charge < -0.3 is 29.5 Å². The number of ether oxygens (including phenoxy) is 3. The van der Waals surface area contributed by atoms with Crippen LogP contribution in [0.25, 0.3) is 0 Å². The van der Waals surface area contributed by atoms with Gasteiger partial charge in [-0.15, -0.1) is 12.4 Å². The molecule has 176 valence electrons. The van der Waals surface area contributed by atoms with Gasteiger partial charge in [0.2, 0.25) is 0 Å². The summed E-state index contributed by atoms with van der Waals surface area (Å²) in [6, 6.07) is 5.20. The number of carboxylic acids is 1. The third kappa shape index (κ3) is 7.87. The number of amides is 1. The standard InChI is InChI=1S/C22H34N2O6.ClH/c1-15(2)24(18-8-7-17(23-14-18)13-21(25)26)22(27)16-6-9-19(29-4)20(12-16)30-11-5-10-28-3;/h6,9,12,15,17-18,23H,5,7-8,10-11,13-14H2,1-4H3,(H,25,26);1H/t17-,18+;/m0./s1. The maximum absolute atomic E-state index is 13.4. The predicted octanol–water partition coefficient (Wildman–Crippen LogP) is 2.98. The number of nitrogens with one attached hydrogen (secondary N) is 1. The minimum atomic E-state index is -0.806. The first-order valence-electron chi connectivity index (χ1n) is 10.4. The minimum absolute atomic E-state index is 0. The number of methoxy groups -OCH3 is 2. The molecule has 2 atom stereocenters. The first-order valence-corrected chi connectivity index (χ1v) is 10.4. The molecular weight excluding hydrogens is 424 g/mol. The van der Waals surface area contributed by atoms with Crippen LogP contribution in [0.3, 0.4) is 0 Å². The molecule has 1 aliphatic heterocycles. The van der Waals surface area contributed by atoms with Crippen LogP contribution in [0.5, 0.6) is 11.5 Å². The van der Waals surface area contributed by atoms with Crippen molar-refractivity contribution < 1.29 is 28.9 Å². The van der Waals surface area contributed by atoms with Crippen LogP contribution >= 0.6 is 12.4 Å². The van der Waals surface area contributed by atoms with Gasteiger partial charge in [0, 0.05) is 50.4 Å². The average molecular weight is 459 g/mol. The topological polar surface area (TPSA) is 97.3 Å². The van der Waals surface area contributed by atoms with Crippen molar-refractivity contribution in [3.63, 3.8) is 0 Å². The molecular formula is C22H35ClN2O6. The first-order chi connectivity index (χ1) is 14.4. The van der Waals surface area contributed by atoms with Crippen molar-refractivity contribution in [2.75, 3.05) is 34.0 Å². The molecule has 1 aromatic carbocycles. The maximum Gasteiger partial charge on any atom is 0.304 e. The van der Waals surface area contributed by atoms with Gasteiger partial charge in [-0.05, 0) is 44.9 Å². The lowest BCUT2D eigenvalue weighted by molar-refractivity contribution is -0.137. The highest BCUT2D eigenvalue weighted by Crippen LogP contribution is 2.30. The second kappa shape index (κ2) is 13.4. The smallest absolute Gasteiger partial charge is 0.304 e.